The van der Waals surface area contributed by atoms with Gasteiger partial charge in [-0.25, -0.2) is 15.4 Å². The Balaban J connectivity index is 2.01. The molecule has 1 atom stereocenters. The van der Waals surface area contributed by atoms with E-state index in [9.17, 15) is 18.0 Å². The summed E-state index contributed by atoms with van der Waals surface area (Å²) in [5.41, 5.74) is 2.88. The fraction of sp³-hybridized carbons (Fsp3) is 0.294. The summed E-state index contributed by atoms with van der Waals surface area (Å²) in [4.78, 5) is 20.5. The van der Waals surface area contributed by atoms with Gasteiger partial charge in [-0.05, 0) is 32.9 Å². The first kappa shape index (κ1) is 19.9. The standard InChI is InChI=1S/C17H17F3N4OS/c1-10-8-11(2)23-16(22-10)26-12(3)15(25)24-21-9-13-6-4-5-7-14(13)17(18,19)20/h4-9,12H,1-3H3,(H,24,25)/b21-9-/t12-/m0/s1. The minimum atomic E-state index is -4.49. The molecule has 5 nitrogen and oxygen atoms in total. The first-order chi connectivity index (χ1) is 12.2. The van der Waals surface area contributed by atoms with Crippen LogP contribution in [-0.2, 0) is 11.0 Å². The molecule has 0 radical (unpaired) electrons. The van der Waals surface area contributed by atoms with E-state index in [0.29, 0.717) is 5.16 Å². The Hall–Kier alpha value is -2.42. The maximum atomic E-state index is 12.9. The molecule has 0 fully saturated rings. The SMILES string of the molecule is Cc1cc(C)nc(S[C@@H](C)C(=O)N/N=C\c2ccccc2C(F)(F)F)n1. The van der Waals surface area contributed by atoms with Crippen LogP contribution in [-0.4, -0.2) is 27.3 Å². The molecule has 0 spiro atoms. The van der Waals surface area contributed by atoms with Crippen molar-refractivity contribution < 1.29 is 18.0 Å². The normalized spacial score (nSPS) is 13.0. The number of nitrogens with one attached hydrogen (secondary N) is 1. The van der Waals surface area contributed by atoms with Crippen LogP contribution in [0.15, 0.2) is 40.6 Å². The second-order valence-electron chi connectivity index (χ2n) is 5.51. The molecule has 0 aliphatic carbocycles. The summed E-state index contributed by atoms with van der Waals surface area (Å²) < 4.78 is 38.7. The highest BCUT2D eigenvalue weighted by Crippen LogP contribution is 2.31. The first-order valence-corrected chi connectivity index (χ1v) is 8.53. The second-order valence-corrected chi connectivity index (χ2v) is 6.82. The average Bonchev–Trinajstić information content (AvgIpc) is 2.53. The zero-order valence-corrected chi connectivity index (χ0v) is 15.1. The van der Waals surface area contributed by atoms with Crippen molar-refractivity contribution in [3.05, 3.63) is 52.8 Å². The van der Waals surface area contributed by atoms with E-state index in [1.54, 1.807) is 6.92 Å². The third-order valence-corrected chi connectivity index (χ3v) is 4.22. The highest BCUT2D eigenvalue weighted by Gasteiger charge is 2.32. The summed E-state index contributed by atoms with van der Waals surface area (Å²) >= 11 is 1.15. The molecule has 9 heteroatoms. The molecule has 0 saturated carbocycles. The lowest BCUT2D eigenvalue weighted by Crippen LogP contribution is -2.27. The van der Waals surface area contributed by atoms with Crippen LogP contribution in [0.25, 0.3) is 0 Å². The summed E-state index contributed by atoms with van der Waals surface area (Å²) in [7, 11) is 0. The number of rotatable bonds is 5. The lowest BCUT2D eigenvalue weighted by atomic mass is 10.1. The molecule has 0 saturated heterocycles. The largest absolute Gasteiger partial charge is 0.417 e. The number of aromatic nitrogens is 2. The number of thioether (sulfide) groups is 1. The number of hydrogen-bond donors (Lipinski definition) is 1. The van der Waals surface area contributed by atoms with E-state index in [2.05, 4.69) is 20.5 Å². The zero-order valence-electron chi connectivity index (χ0n) is 14.3. The van der Waals surface area contributed by atoms with Gasteiger partial charge in [-0.1, -0.05) is 30.0 Å². The van der Waals surface area contributed by atoms with Crippen LogP contribution < -0.4 is 5.43 Å². The molecule has 1 aromatic heterocycles. The van der Waals surface area contributed by atoms with Gasteiger partial charge in [0.25, 0.3) is 5.91 Å². The van der Waals surface area contributed by atoms with Crippen molar-refractivity contribution in [2.24, 2.45) is 5.10 Å². The quantitative estimate of drug-likeness (QED) is 0.370. The predicted octanol–water partition coefficient (Wildman–Crippen LogP) is 3.74. The Labute approximate surface area is 153 Å². The number of aryl methyl sites for hydroxylation is 2. The fourth-order valence-corrected chi connectivity index (χ4v) is 2.95. The number of nitrogens with zero attached hydrogens (tertiary/aromatic N) is 3. The molecule has 1 heterocycles. The Kier molecular flexibility index (Phi) is 6.36. The van der Waals surface area contributed by atoms with Gasteiger partial charge in [-0.3, -0.25) is 4.79 Å². The Morgan fingerprint density at radius 1 is 1.23 bits per heavy atom. The molecule has 1 amide bonds. The maximum Gasteiger partial charge on any atom is 0.417 e. The number of alkyl halides is 3. The molecule has 1 aromatic carbocycles. The Morgan fingerprint density at radius 3 is 2.46 bits per heavy atom. The van der Waals surface area contributed by atoms with E-state index in [1.165, 1.54) is 18.2 Å². The van der Waals surface area contributed by atoms with Gasteiger partial charge in [0.2, 0.25) is 0 Å². The summed E-state index contributed by atoms with van der Waals surface area (Å²) in [5, 5.41) is 3.53. The number of carbonyl (C=O) groups excluding carboxylic acids is 1. The van der Waals surface area contributed by atoms with Gasteiger partial charge in [0, 0.05) is 17.0 Å². The van der Waals surface area contributed by atoms with Crippen molar-refractivity contribution in [3.8, 4) is 0 Å². The summed E-state index contributed by atoms with van der Waals surface area (Å²) in [6.45, 7) is 5.29. The van der Waals surface area contributed by atoms with Gasteiger partial charge in [-0.15, -0.1) is 0 Å². The van der Waals surface area contributed by atoms with Crippen LogP contribution in [0.1, 0.15) is 29.4 Å². The maximum absolute atomic E-state index is 12.9. The smallest absolute Gasteiger partial charge is 0.272 e. The molecule has 26 heavy (non-hydrogen) atoms. The van der Waals surface area contributed by atoms with E-state index in [-0.39, 0.29) is 5.56 Å². The zero-order chi connectivity index (χ0) is 19.3. The molecule has 1 N–H and O–H groups in total. The summed E-state index contributed by atoms with van der Waals surface area (Å²) in [6.07, 6.45) is -3.51. The van der Waals surface area contributed by atoms with Crippen molar-refractivity contribution in [1.82, 2.24) is 15.4 Å². The van der Waals surface area contributed by atoms with Gasteiger partial charge in [0.15, 0.2) is 5.16 Å². The molecule has 0 bridgehead atoms. The number of amides is 1. The number of benzene rings is 1. The molecule has 2 rings (SSSR count). The third-order valence-electron chi connectivity index (χ3n) is 3.26. The summed E-state index contributed by atoms with van der Waals surface area (Å²) in [5.74, 6) is -0.460. The molecule has 0 unspecified atom stereocenters. The van der Waals surface area contributed by atoms with Crippen LogP contribution in [0.2, 0.25) is 0 Å². The Morgan fingerprint density at radius 2 is 1.85 bits per heavy atom. The summed E-state index contributed by atoms with van der Waals surface area (Å²) in [6, 6.07) is 6.81. The number of carbonyl (C=O) groups is 1. The van der Waals surface area contributed by atoms with Crippen molar-refractivity contribution >= 4 is 23.9 Å². The van der Waals surface area contributed by atoms with E-state index in [4.69, 9.17) is 0 Å². The number of hydrogen-bond acceptors (Lipinski definition) is 5. The van der Waals surface area contributed by atoms with Crippen LogP contribution in [0.3, 0.4) is 0 Å². The second kappa shape index (κ2) is 8.31. The van der Waals surface area contributed by atoms with E-state index < -0.39 is 22.9 Å². The lowest BCUT2D eigenvalue weighted by Gasteiger charge is -2.10. The van der Waals surface area contributed by atoms with Crippen LogP contribution in [0.4, 0.5) is 13.2 Å². The Bertz CT molecular complexity index is 804. The topological polar surface area (TPSA) is 67.2 Å². The first-order valence-electron chi connectivity index (χ1n) is 7.65. The van der Waals surface area contributed by atoms with E-state index in [1.807, 2.05) is 19.9 Å². The molecule has 0 aliphatic heterocycles. The monoisotopic (exact) mass is 382 g/mol. The molecule has 0 aliphatic rings. The highest BCUT2D eigenvalue weighted by molar-refractivity contribution is 8.00. The van der Waals surface area contributed by atoms with Crippen LogP contribution in [0, 0.1) is 13.8 Å². The van der Waals surface area contributed by atoms with E-state index >= 15 is 0 Å². The van der Waals surface area contributed by atoms with Gasteiger partial charge < -0.3 is 0 Å². The molecular formula is C17H17F3N4OS. The minimum Gasteiger partial charge on any atom is -0.272 e. The molecule has 138 valence electrons. The van der Waals surface area contributed by atoms with Crippen LogP contribution >= 0.6 is 11.8 Å². The van der Waals surface area contributed by atoms with Gasteiger partial charge in [0.05, 0.1) is 17.0 Å². The van der Waals surface area contributed by atoms with Gasteiger partial charge in [0.1, 0.15) is 0 Å². The molecular weight excluding hydrogens is 365 g/mol. The fourth-order valence-electron chi connectivity index (χ4n) is 2.08. The van der Waals surface area contributed by atoms with Crippen molar-refractivity contribution in [1.29, 1.82) is 0 Å². The lowest BCUT2D eigenvalue weighted by molar-refractivity contribution is -0.137. The number of hydrazone groups is 1. The minimum absolute atomic E-state index is 0.127. The van der Waals surface area contributed by atoms with E-state index in [0.717, 1.165) is 35.4 Å². The van der Waals surface area contributed by atoms with Crippen molar-refractivity contribution in [3.63, 3.8) is 0 Å². The average molecular weight is 382 g/mol. The van der Waals surface area contributed by atoms with Crippen molar-refractivity contribution in [2.45, 2.75) is 37.4 Å². The predicted molar refractivity (Wildman–Crippen MR) is 94.0 cm³/mol. The van der Waals surface area contributed by atoms with Crippen molar-refractivity contribution in [2.75, 3.05) is 0 Å². The highest BCUT2D eigenvalue weighted by atomic mass is 32.2. The molecule has 2 aromatic rings. The van der Waals surface area contributed by atoms with Gasteiger partial charge >= 0.3 is 6.18 Å². The number of halogens is 3. The van der Waals surface area contributed by atoms with Crippen LogP contribution in [0.5, 0.6) is 0 Å². The third kappa shape index (κ3) is 5.55. The van der Waals surface area contributed by atoms with Gasteiger partial charge in [-0.2, -0.15) is 18.3 Å².